The van der Waals surface area contributed by atoms with Crippen molar-refractivity contribution >= 4 is 10.2 Å². The second-order valence-electron chi connectivity index (χ2n) is 4.29. The fraction of sp³-hybridized carbons (Fsp3) is 1.00. The highest BCUT2D eigenvalue weighted by atomic mass is 32.2. The van der Waals surface area contributed by atoms with Crippen molar-refractivity contribution in [3.8, 4) is 0 Å². The molecular formula is C10H23N3O3S. The van der Waals surface area contributed by atoms with Crippen LogP contribution in [0.1, 0.15) is 19.8 Å². The highest BCUT2D eigenvalue weighted by Gasteiger charge is 2.23. The van der Waals surface area contributed by atoms with E-state index < -0.39 is 10.2 Å². The van der Waals surface area contributed by atoms with Crippen molar-refractivity contribution in [3.63, 3.8) is 0 Å². The molecule has 0 saturated carbocycles. The molecule has 1 aliphatic rings. The van der Waals surface area contributed by atoms with Gasteiger partial charge in [-0.25, -0.2) is 4.72 Å². The summed E-state index contributed by atoms with van der Waals surface area (Å²) in [5.41, 5.74) is 0. The Morgan fingerprint density at radius 2 is 2.06 bits per heavy atom. The van der Waals surface area contributed by atoms with Crippen LogP contribution in [0.3, 0.4) is 0 Å². The molecule has 1 fully saturated rings. The predicted octanol–water partition coefficient (Wildman–Crippen LogP) is -0.865. The molecule has 0 aromatic heterocycles. The zero-order chi connectivity index (χ0) is 12.7. The summed E-state index contributed by atoms with van der Waals surface area (Å²) in [5.74, 6) is 0.206. The summed E-state index contributed by atoms with van der Waals surface area (Å²) in [5, 5.41) is 12.0. The molecule has 1 heterocycles. The van der Waals surface area contributed by atoms with Crippen LogP contribution in [0.4, 0.5) is 0 Å². The summed E-state index contributed by atoms with van der Waals surface area (Å²) in [4.78, 5) is 0. The van der Waals surface area contributed by atoms with Gasteiger partial charge in [-0.3, -0.25) is 0 Å². The Bertz CT molecular complexity index is 302. The zero-order valence-electron chi connectivity index (χ0n) is 10.4. The second-order valence-corrected chi connectivity index (χ2v) is 6.04. The van der Waals surface area contributed by atoms with Gasteiger partial charge < -0.3 is 10.4 Å². The fourth-order valence-corrected chi connectivity index (χ4v) is 3.12. The Labute approximate surface area is 104 Å². The van der Waals surface area contributed by atoms with Gasteiger partial charge in [-0.05, 0) is 12.3 Å². The molecule has 1 aliphatic heterocycles. The molecular weight excluding hydrogens is 242 g/mol. The van der Waals surface area contributed by atoms with Crippen molar-refractivity contribution in [2.45, 2.75) is 19.8 Å². The highest BCUT2D eigenvalue weighted by Crippen LogP contribution is 2.07. The topological polar surface area (TPSA) is 81.7 Å². The smallest absolute Gasteiger partial charge is 0.279 e. The number of nitrogens with zero attached hydrogens (tertiary/aromatic N) is 1. The molecule has 1 unspecified atom stereocenters. The van der Waals surface area contributed by atoms with Gasteiger partial charge >= 0.3 is 0 Å². The molecule has 1 saturated heterocycles. The predicted molar refractivity (Wildman–Crippen MR) is 66.8 cm³/mol. The van der Waals surface area contributed by atoms with Gasteiger partial charge in [0, 0.05) is 39.3 Å². The molecule has 1 rings (SSSR count). The summed E-state index contributed by atoms with van der Waals surface area (Å²) in [7, 11) is -3.35. The van der Waals surface area contributed by atoms with E-state index in [1.807, 2.05) is 6.92 Å². The summed E-state index contributed by atoms with van der Waals surface area (Å²) < 4.78 is 28.0. The van der Waals surface area contributed by atoms with E-state index in [9.17, 15) is 8.42 Å². The van der Waals surface area contributed by atoms with Crippen molar-refractivity contribution in [2.24, 2.45) is 5.92 Å². The molecule has 0 radical (unpaired) electrons. The monoisotopic (exact) mass is 265 g/mol. The van der Waals surface area contributed by atoms with Gasteiger partial charge in [-0.2, -0.15) is 12.7 Å². The number of hydrogen-bond donors (Lipinski definition) is 3. The van der Waals surface area contributed by atoms with Crippen LogP contribution < -0.4 is 10.0 Å². The van der Waals surface area contributed by atoms with E-state index in [0.29, 0.717) is 39.1 Å². The Morgan fingerprint density at radius 3 is 2.59 bits per heavy atom. The van der Waals surface area contributed by atoms with Crippen LogP contribution in [0.2, 0.25) is 0 Å². The first-order valence-electron chi connectivity index (χ1n) is 6.16. The zero-order valence-corrected chi connectivity index (χ0v) is 11.2. The number of hydrogen-bond acceptors (Lipinski definition) is 4. The Kier molecular flexibility index (Phi) is 6.35. The van der Waals surface area contributed by atoms with Crippen molar-refractivity contribution in [1.29, 1.82) is 0 Å². The van der Waals surface area contributed by atoms with Crippen LogP contribution >= 0.6 is 0 Å². The number of rotatable bonds is 7. The van der Waals surface area contributed by atoms with Crippen molar-refractivity contribution in [3.05, 3.63) is 0 Å². The lowest BCUT2D eigenvalue weighted by Crippen LogP contribution is -2.51. The minimum Gasteiger partial charge on any atom is -0.396 e. The molecule has 0 bridgehead atoms. The summed E-state index contributed by atoms with van der Waals surface area (Å²) >= 11 is 0. The Morgan fingerprint density at radius 1 is 1.41 bits per heavy atom. The van der Waals surface area contributed by atoms with Crippen LogP contribution in [-0.4, -0.2) is 57.2 Å². The summed E-state index contributed by atoms with van der Waals surface area (Å²) in [6.45, 7) is 4.96. The molecule has 1 atom stereocenters. The molecule has 17 heavy (non-hydrogen) atoms. The first kappa shape index (κ1) is 14.8. The average molecular weight is 265 g/mol. The first-order chi connectivity index (χ1) is 8.10. The molecule has 102 valence electrons. The van der Waals surface area contributed by atoms with E-state index in [0.717, 1.165) is 6.42 Å². The maximum Gasteiger partial charge on any atom is 0.279 e. The second kappa shape index (κ2) is 7.27. The van der Waals surface area contributed by atoms with Crippen molar-refractivity contribution in [2.75, 3.05) is 39.3 Å². The standard InChI is InChI=1S/C10H23N3O3S/c1-2-10(3-8-14)9-12-17(15,16)13-6-4-11-5-7-13/h10-12,14H,2-9H2,1H3. The van der Waals surface area contributed by atoms with E-state index >= 15 is 0 Å². The van der Waals surface area contributed by atoms with E-state index in [2.05, 4.69) is 10.0 Å². The minimum atomic E-state index is -3.35. The van der Waals surface area contributed by atoms with Crippen LogP contribution in [0.5, 0.6) is 0 Å². The molecule has 0 amide bonds. The van der Waals surface area contributed by atoms with Gasteiger partial charge in [-0.15, -0.1) is 0 Å². The van der Waals surface area contributed by atoms with Gasteiger partial charge in [0.2, 0.25) is 0 Å². The van der Waals surface area contributed by atoms with Crippen molar-refractivity contribution < 1.29 is 13.5 Å². The largest absolute Gasteiger partial charge is 0.396 e. The van der Waals surface area contributed by atoms with E-state index in [1.165, 1.54) is 4.31 Å². The lowest BCUT2D eigenvalue weighted by molar-refractivity contribution is 0.253. The Hall–Kier alpha value is -0.210. The number of nitrogens with one attached hydrogen (secondary N) is 2. The molecule has 0 aromatic carbocycles. The van der Waals surface area contributed by atoms with Crippen LogP contribution in [-0.2, 0) is 10.2 Å². The first-order valence-corrected chi connectivity index (χ1v) is 7.60. The van der Waals surface area contributed by atoms with E-state index in [-0.39, 0.29) is 12.5 Å². The molecule has 6 nitrogen and oxygen atoms in total. The molecule has 3 N–H and O–H groups in total. The van der Waals surface area contributed by atoms with Crippen LogP contribution in [0.25, 0.3) is 0 Å². The van der Waals surface area contributed by atoms with Gasteiger partial charge in [0.15, 0.2) is 0 Å². The van der Waals surface area contributed by atoms with Gasteiger partial charge in [0.1, 0.15) is 0 Å². The fourth-order valence-electron chi connectivity index (χ4n) is 1.83. The maximum atomic E-state index is 11.9. The van der Waals surface area contributed by atoms with Gasteiger partial charge in [0.25, 0.3) is 10.2 Å². The van der Waals surface area contributed by atoms with E-state index in [4.69, 9.17) is 5.11 Å². The lowest BCUT2D eigenvalue weighted by atomic mass is 10.0. The summed E-state index contributed by atoms with van der Waals surface area (Å²) in [6.07, 6.45) is 1.51. The van der Waals surface area contributed by atoms with E-state index in [1.54, 1.807) is 0 Å². The van der Waals surface area contributed by atoms with Gasteiger partial charge in [0.05, 0.1) is 0 Å². The maximum absolute atomic E-state index is 11.9. The van der Waals surface area contributed by atoms with Crippen molar-refractivity contribution in [1.82, 2.24) is 14.3 Å². The molecule has 7 heteroatoms. The number of piperazine rings is 1. The SMILES string of the molecule is CCC(CCO)CNS(=O)(=O)N1CCNCC1. The third kappa shape index (κ3) is 4.89. The molecule has 0 spiro atoms. The van der Waals surface area contributed by atoms with Crippen LogP contribution in [0, 0.1) is 5.92 Å². The number of aliphatic hydroxyl groups excluding tert-OH is 1. The number of aliphatic hydroxyl groups is 1. The third-order valence-corrected chi connectivity index (χ3v) is 4.66. The minimum absolute atomic E-state index is 0.105. The summed E-state index contributed by atoms with van der Waals surface area (Å²) in [6, 6.07) is 0. The Balaban J connectivity index is 2.42. The van der Waals surface area contributed by atoms with Crippen LogP contribution in [0.15, 0.2) is 0 Å². The quantitative estimate of drug-likeness (QED) is 0.559. The molecule has 0 aromatic rings. The highest BCUT2D eigenvalue weighted by molar-refractivity contribution is 7.87. The average Bonchev–Trinajstić information content (AvgIpc) is 2.35. The lowest BCUT2D eigenvalue weighted by Gasteiger charge is -2.27. The van der Waals surface area contributed by atoms with Gasteiger partial charge in [-0.1, -0.05) is 13.3 Å². The molecule has 0 aliphatic carbocycles. The normalized spacial score (nSPS) is 20.4. The third-order valence-electron chi connectivity index (χ3n) is 3.08.